The lowest BCUT2D eigenvalue weighted by atomic mass is 9.72. The van der Waals surface area contributed by atoms with E-state index in [1.54, 1.807) is 17.6 Å². The SMILES string of the molecule is CC(C)(C)[C@H]1CCc2c(sc(N=Cc3ccc(Br)cc3)c2C(=O)NCc2ccco2)C1. The van der Waals surface area contributed by atoms with Crippen molar-refractivity contribution < 1.29 is 9.21 Å². The number of carbonyl (C=O) groups excluding carboxylic acids is 1. The Hall–Kier alpha value is -2.18. The number of furan rings is 1. The molecule has 2 heterocycles. The Morgan fingerprint density at radius 3 is 2.74 bits per heavy atom. The molecular formula is C25H27BrN2O2S. The molecule has 1 aliphatic carbocycles. The van der Waals surface area contributed by atoms with Crippen molar-refractivity contribution in [1.29, 1.82) is 0 Å². The fourth-order valence-electron chi connectivity index (χ4n) is 3.99. The third kappa shape index (κ3) is 5.18. The molecule has 0 saturated carbocycles. The molecule has 0 bridgehead atoms. The molecule has 3 aromatic rings. The first-order valence-electron chi connectivity index (χ1n) is 10.6. The summed E-state index contributed by atoms with van der Waals surface area (Å²) in [5, 5.41) is 3.81. The van der Waals surface area contributed by atoms with Crippen molar-refractivity contribution in [2.24, 2.45) is 16.3 Å². The lowest BCUT2D eigenvalue weighted by Gasteiger charge is -2.33. The first-order valence-corrected chi connectivity index (χ1v) is 12.2. The number of benzene rings is 1. The molecule has 0 spiro atoms. The zero-order chi connectivity index (χ0) is 22.0. The van der Waals surface area contributed by atoms with E-state index in [4.69, 9.17) is 9.41 Å². The second-order valence-electron chi connectivity index (χ2n) is 9.06. The molecule has 1 amide bonds. The Bertz CT molecular complexity index is 1080. The topological polar surface area (TPSA) is 54.6 Å². The van der Waals surface area contributed by atoms with Crippen LogP contribution in [0.2, 0.25) is 0 Å². The number of fused-ring (bicyclic) bond motifs is 1. The number of rotatable bonds is 5. The standard InChI is InChI=1S/C25H27BrN2O2S/c1-25(2,3)17-8-11-20-21(13-17)31-24(28-14-16-6-9-18(26)10-7-16)22(20)23(29)27-15-19-5-4-12-30-19/h4-7,9-10,12,14,17H,8,11,13,15H2,1-3H3,(H,27,29)/t17-/m0/s1. The molecule has 1 aliphatic rings. The van der Waals surface area contributed by atoms with Gasteiger partial charge in [-0.15, -0.1) is 11.3 Å². The zero-order valence-electron chi connectivity index (χ0n) is 18.1. The highest BCUT2D eigenvalue weighted by atomic mass is 79.9. The normalized spacial score (nSPS) is 16.5. The Morgan fingerprint density at radius 2 is 2.06 bits per heavy atom. The summed E-state index contributed by atoms with van der Waals surface area (Å²) in [5.74, 6) is 1.28. The van der Waals surface area contributed by atoms with Gasteiger partial charge in [0, 0.05) is 15.6 Å². The van der Waals surface area contributed by atoms with E-state index in [1.165, 1.54) is 10.4 Å². The van der Waals surface area contributed by atoms with Crippen molar-refractivity contribution in [2.75, 3.05) is 0 Å². The first kappa shape index (κ1) is 22.0. The van der Waals surface area contributed by atoms with Crippen LogP contribution in [0.1, 0.15) is 59.3 Å². The number of carbonyl (C=O) groups is 1. The summed E-state index contributed by atoms with van der Waals surface area (Å²) >= 11 is 5.13. The number of amides is 1. The van der Waals surface area contributed by atoms with Gasteiger partial charge in [0.2, 0.25) is 0 Å². The molecular weight excluding hydrogens is 472 g/mol. The summed E-state index contributed by atoms with van der Waals surface area (Å²) in [5.41, 5.74) is 3.16. The summed E-state index contributed by atoms with van der Waals surface area (Å²) in [6, 6.07) is 11.7. The predicted octanol–water partition coefficient (Wildman–Crippen LogP) is 6.94. The van der Waals surface area contributed by atoms with E-state index in [2.05, 4.69) is 42.0 Å². The van der Waals surface area contributed by atoms with E-state index in [1.807, 2.05) is 42.6 Å². The van der Waals surface area contributed by atoms with E-state index in [-0.39, 0.29) is 11.3 Å². The maximum absolute atomic E-state index is 13.2. The third-order valence-electron chi connectivity index (χ3n) is 5.90. The Kier molecular flexibility index (Phi) is 6.49. The Labute approximate surface area is 195 Å². The highest BCUT2D eigenvalue weighted by Gasteiger charge is 2.33. The maximum atomic E-state index is 13.2. The molecule has 0 saturated heterocycles. The molecule has 1 N–H and O–H groups in total. The fraction of sp³-hybridized carbons (Fsp3) is 0.360. The van der Waals surface area contributed by atoms with Crippen LogP contribution < -0.4 is 5.32 Å². The maximum Gasteiger partial charge on any atom is 0.255 e. The van der Waals surface area contributed by atoms with Crippen molar-refractivity contribution in [1.82, 2.24) is 5.32 Å². The summed E-state index contributed by atoms with van der Waals surface area (Å²) in [7, 11) is 0. The van der Waals surface area contributed by atoms with Gasteiger partial charge >= 0.3 is 0 Å². The minimum Gasteiger partial charge on any atom is -0.467 e. The number of thiophene rings is 1. The van der Waals surface area contributed by atoms with Gasteiger partial charge in [-0.05, 0) is 66.0 Å². The minimum absolute atomic E-state index is 0.0777. The van der Waals surface area contributed by atoms with Crippen LogP contribution in [0.25, 0.3) is 0 Å². The quantitative estimate of drug-likeness (QED) is 0.387. The largest absolute Gasteiger partial charge is 0.467 e. The molecule has 2 aromatic heterocycles. The van der Waals surface area contributed by atoms with Crippen molar-refractivity contribution >= 4 is 44.4 Å². The minimum atomic E-state index is -0.0777. The molecule has 1 aromatic carbocycles. The summed E-state index contributed by atoms with van der Waals surface area (Å²) in [4.78, 5) is 19.3. The summed E-state index contributed by atoms with van der Waals surface area (Å²) in [6.07, 6.45) is 6.49. The van der Waals surface area contributed by atoms with Crippen molar-refractivity contribution in [2.45, 2.75) is 46.6 Å². The van der Waals surface area contributed by atoms with Crippen LogP contribution in [0, 0.1) is 11.3 Å². The van der Waals surface area contributed by atoms with E-state index in [0.717, 1.165) is 45.6 Å². The second kappa shape index (κ2) is 9.13. The smallest absolute Gasteiger partial charge is 0.255 e. The monoisotopic (exact) mass is 498 g/mol. The molecule has 1 atom stereocenters. The fourth-order valence-corrected chi connectivity index (χ4v) is 5.52. The van der Waals surface area contributed by atoms with Gasteiger partial charge < -0.3 is 9.73 Å². The first-order chi connectivity index (χ1) is 14.8. The Morgan fingerprint density at radius 1 is 1.29 bits per heavy atom. The number of hydrogen-bond acceptors (Lipinski definition) is 4. The third-order valence-corrected chi connectivity index (χ3v) is 7.59. The lowest BCUT2D eigenvalue weighted by molar-refractivity contribution is 0.0947. The Balaban J connectivity index is 1.64. The van der Waals surface area contributed by atoms with Crippen LogP contribution in [-0.4, -0.2) is 12.1 Å². The van der Waals surface area contributed by atoms with Gasteiger partial charge in [0.25, 0.3) is 5.91 Å². The van der Waals surface area contributed by atoms with Crippen LogP contribution in [-0.2, 0) is 19.4 Å². The molecule has 4 rings (SSSR count). The van der Waals surface area contributed by atoms with Gasteiger partial charge in [-0.2, -0.15) is 0 Å². The molecule has 31 heavy (non-hydrogen) atoms. The number of hydrogen-bond donors (Lipinski definition) is 1. The highest BCUT2D eigenvalue weighted by Crippen LogP contribution is 2.45. The average Bonchev–Trinajstić information content (AvgIpc) is 3.38. The number of aliphatic imine (C=N–C) groups is 1. The molecule has 0 fully saturated rings. The molecule has 6 heteroatoms. The number of nitrogens with one attached hydrogen (secondary N) is 1. The van der Waals surface area contributed by atoms with Crippen LogP contribution in [0.15, 0.2) is 56.5 Å². The summed E-state index contributed by atoms with van der Waals surface area (Å²) in [6.45, 7) is 7.29. The van der Waals surface area contributed by atoms with Crippen LogP contribution in [0.3, 0.4) is 0 Å². The van der Waals surface area contributed by atoms with Gasteiger partial charge in [0.1, 0.15) is 10.8 Å². The van der Waals surface area contributed by atoms with E-state index in [9.17, 15) is 4.79 Å². The van der Waals surface area contributed by atoms with Crippen LogP contribution in [0.4, 0.5) is 5.00 Å². The van der Waals surface area contributed by atoms with Crippen molar-refractivity contribution in [3.05, 3.63) is 74.5 Å². The molecule has 0 radical (unpaired) electrons. The average molecular weight is 499 g/mol. The van der Waals surface area contributed by atoms with E-state index >= 15 is 0 Å². The van der Waals surface area contributed by atoms with E-state index < -0.39 is 0 Å². The molecule has 0 unspecified atom stereocenters. The van der Waals surface area contributed by atoms with Gasteiger partial charge in [0.05, 0.1) is 18.4 Å². The van der Waals surface area contributed by atoms with Crippen molar-refractivity contribution in [3.8, 4) is 0 Å². The van der Waals surface area contributed by atoms with Gasteiger partial charge in [-0.1, -0.05) is 48.8 Å². The number of nitrogens with zero attached hydrogens (tertiary/aromatic N) is 1. The molecule has 162 valence electrons. The van der Waals surface area contributed by atoms with Crippen molar-refractivity contribution in [3.63, 3.8) is 0 Å². The van der Waals surface area contributed by atoms with Gasteiger partial charge in [-0.3, -0.25) is 4.79 Å². The van der Waals surface area contributed by atoms with Gasteiger partial charge in [-0.25, -0.2) is 4.99 Å². The van der Waals surface area contributed by atoms with Gasteiger partial charge in [0.15, 0.2) is 0 Å². The summed E-state index contributed by atoms with van der Waals surface area (Å²) < 4.78 is 6.40. The highest BCUT2D eigenvalue weighted by molar-refractivity contribution is 9.10. The lowest BCUT2D eigenvalue weighted by Crippen LogP contribution is -2.28. The van der Waals surface area contributed by atoms with Crippen LogP contribution in [0.5, 0.6) is 0 Å². The molecule has 4 nitrogen and oxygen atoms in total. The van der Waals surface area contributed by atoms with Crippen LogP contribution >= 0.6 is 27.3 Å². The second-order valence-corrected chi connectivity index (χ2v) is 11.1. The predicted molar refractivity (Wildman–Crippen MR) is 131 cm³/mol. The molecule has 0 aliphatic heterocycles. The zero-order valence-corrected chi connectivity index (χ0v) is 20.5. The van der Waals surface area contributed by atoms with E-state index in [0.29, 0.717) is 12.5 Å². The number of halogens is 1.